The second-order valence-electron chi connectivity index (χ2n) is 4.29. The lowest BCUT2D eigenvalue weighted by Crippen LogP contribution is -2.51. The summed E-state index contributed by atoms with van der Waals surface area (Å²) >= 11 is 0. The third-order valence-electron chi connectivity index (χ3n) is 2.95. The van der Waals surface area contributed by atoms with Gasteiger partial charge < -0.3 is 24.8 Å². The predicted octanol–water partition coefficient (Wildman–Crippen LogP) is -0.820. The maximum Gasteiger partial charge on any atom is 0.317 e. The van der Waals surface area contributed by atoms with Crippen LogP contribution in [0.15, 0.2) is 0 Å². The Balaban J connectivity index is 1.74. The number of morpholine rings is 1. The van der Waals surface area contributed by atoms with Crippen LogP contribution in [0.2, 0.25) is 0 Å². The molecule has 0 aromatic rings. The fourth-order valence-corrected chi connectivity index (χ4v) is 1.85. The van der Waals surface area contributed by atoms with Gasteiger partial charge in [-0.2, -0.15) is 0 Å². The number of carbonyl (C=O) groups is 1. The third-order valence-corrected chi connectivity index (χ3v) is 2.95. The van der Waals surface area contributed by atoms with E-state index in [9.17, 15) is 9.90 Å². The second kappa shape index (κ2) is 4.99. The third kappa shape index (κ3) is 2.84. The van der Waals surface area contributed by atoms with E-state index in [1.165, 1.54) is 0 Å². The molecule has 1 atom stereocenters. The SMILES string of the molecule is O=C(NCC1(O)CCOC1)N1CCOCC1. The van der Waals surface area contributed by atoms with Gasteiger partial charge in [-0.15, -0.1) is 0 Å². The summed E-state index contributed by atoms with van der Waals surface area (Å²) in [7, 11) is 0. The largest absolute Gasteiger partial charge is 0.386 e. The molecule has 2 fully saturated rings. The Bertz CT molecular complexity index is 247. The number of aliphatic hydroxyl groups is 1. The fourth-order valence-electron chi connectivity index (χ4n) is 1.85. The van der Waals surface area contributed by atoms with E-state index in [4.69, 9.17) is 9.47 Å². The van der Waals surface area contributed by atoms with Crippen LogP contribution in [0.4, 0.5) is 4.79 Å². The molecule has 0 aromatic carbocycles. The Labute approximate surface area is 94.5 Å². The zero-order chi connectivity index (χ0) is 11.4. The summed E-state index contributed by atoms with van der Waals surface area (Å²) in [6.45, 7) is 3.51. The summed E-state index contributed by atoms with van der Waals surface area (Å²) in [5.74, 6) is 0. The van der Waals surface area contributed by atoms with Gasteiger partial charge >= 0.3 is 6.03 Å². The molecule has 0 saturated carbocycles. The molecule has 0 aliphatic carbocycles. The van der Waals surface area contributed by atoms with Gasteiger partial charge in [0.1, 0.15) is 5.60 Å². The first-order valence-corrected chi connectivity index (χ1v) is 5.60. The van der Waals surface area contributed by atoms with Gasteiger partial charge in [0, 0.05) is 26.1 Å². The van der Waals surface area contributed by atoms with Crippen LogP contribution in [-0.4, -0.2) is 67.7 Å². The highest BCUT2D eigenvalue weighted by Crippen LogP contribution is 2.16. The van der Waals surface area contributed by atoms with E-state index < -0.39 is 5.60 Å². The number of ether oxygens (including phenoxy) is 2. The molecule has 2 aliphatic heterocycles. The van der Waals surface area contributed by atoms with Gasteiger partial charge in [0.05, 0.1) is 26.4 Å². The first-order valence-electron chi connectivity index (χ1n) is 5.60. The van der Waals surface area contributed by atoms with Gasteiger partial charge in [0.25, 0.3) is 0 Å². The minimum absolute atomic E-state index is 0.136. The van der Waals surface area contributed by atoms with Crippen LogP contribution in [0.3, 0.4) is 0 Å². The molecular weight excluding hydrogens is 212 g/mol. The molecule has 2 aliphatic rings. The lowest BCUT2D eigenvalue weighted by atomic mass is 10.0. The monoisotopic (exact) mass is 230 g/mol. The minimum Gasteiger partial charge on any atom is -0.386 e. The van der Waals surface area contributed by atoms with Gasteiger partial charge in [0.2, 0.25) is 0 Å². The number of hydrogen-bond donors (Lipinski definition) is 2. The average Bonchev–Trinajstić information content (AvgIpc) is 2.75. The maximum absolute atomic E-state index is 11.7. The van der Waals surface area contributed by atoms with Crippen molar-refractivity contribution in [2.45, 2.75) is 12.0 Å². The summed E-state index contributed by atoms with van der Waals surface area (Å²) in [4.78, 5) is 13.4. The van der Waals surface area contributed by atoms with Crippen molar-refractivity contribution in [2.75, 3.05) is 46.1 Å². The predicted molar refractivity (Wildman–Crippen MR) is 56.2 cm³/mol. The highest BCUT2D eigenvalue weighted by molar-refractivity contribution is 5.74. The van der Waals surface area contributed by atoms with Crippen LogP contribution < -0.4 is 5.32 Å². The van der Waals surface area contributed by atoms with Crippen molar-refractivity contribution >= 4 is 6.03 Å². The van der Waals surface area contributed by atoms with E-state index >= 15 is 0 Å². The van der Waals surface area contributed by atoms with Crippen molar-refractivity contribution in [3.05, 3.63) is 0 Å². The molecule has 2 saturated heterocycles. The Kier molecular flexibility index (Phi) is 3.63. The van der Waals surface area contributed by atoms with E-state index in [2.05, 4.69) is 5.32 Å². The average molecular weight is 230 g/mol. The molecule has 0 spiro atoms. The molecule has 1 unspecified atom stereocenters. The summed E-state index contributed by atoms with van der Waals surface area (Å²) < 4.78 is 10.3. The zero-order valence-electron chi connectivity index (χ0n) is 9.28. The van der Waals surface area contributed by atoms with Crippen molar-refractivity contribution in [3.8, 4) is 0 Å². The Morgan fingerprint density at radius 3 is 2.69 bits per heavy atom. The van der Waals surface area contributed by atoms with Crippen LogP contribution in [0.25, 0.3) is 0 Å². The number of amides is 2. The Morgan fingerprint density at radius 1 is 1.31 bits per heavy atom. The zero-order valence-corrected chi connectivity index (χ0v) is 9.28. The summed E-state index contributed by atoms with van der Waals surface area (Å²) in [6.07, 6.45) is 0.580. The molecule has 0 radical (unpaired) electrons. The number of urea groups is 1. The smallest absolute Gasteiger partial charge is 0.317 e. The van der Waals surface area contributed by atoms with Crippen LogP contribution >= 0.6 is 0 Å². The highest BCUT2D eigenvalue weighted by atomic mass is 16.5. The molecule has 6 nitrogen and oxygen atoms in total. The Morgan fingerprint density at radius 2 is 2.06 bits per heavy atom. The van der Waals surface area contributed by atoms with Crippen molar-refractivity contribution in [1.29, 1.82) is 0 Å². The number of nitrogens with zero attached hydrogens (tertiary/aromatic N) is 1. The lowest BCUT2D eigenvalue weighted by molar-refractivity contribution is 0.0242. The van der Waals surface area contributed by atoms with Gasteiger partial charge in [-0.25, -0.2) is 4.79 Å². The quantitative estimate of drug-likeness (QED) is 0.650. The molecule has 2 heterocycles. The molecule has 2 rings (SSSR count). The van der Waals surface area contributed by atoms with Crippen molar-refractivity contribution in [1.82, 2.24) is 10.2 Å². The minimum atomic E-state index is -0.887. The highest BCUT2D eigenvalue weighted by Gasteiger charge is 2.33. The van der Waals surface area contributed by atoms with Crippen molar-refractivity contribution in [2.24, 2.45) is 0 Å². The molecule has 2 amide bonds. The van der Waals surface area contributed by atoms with E-state index in [1.807, 2.05) is 0 Å². The molecular formula is C10H18N2O4. The normalized spacial score (nSPS) is 30.4. The van der Waals surface area contributed by atoms with E-state index in [-0.39, 0.29) is 12.6 Å². The van der Waals surface area contributed by atoms with Gasteiger partial charge in [-0.1, -0.05) is 0 Å². The van der Waals surface area contributed by atoms with Crippen LogP contribution in [0.5, 0.6) is 0 Å². The number of carbonyl (C=O) groups excluding carboxylic acids is 1. The second-order valence-corrected chi connectivity index (χ2v) is 4.29. The molecule has 0 aromatic heterocycles. The Hall–Kier alpha value is -0.850. The van der Waals surface area contributed by atoms with Crippen LogP contribution in [0, 0.1) is 0 Å². The fraction of sp³-hybridized carbons (Fsp3) is 0.900. The van der Waals surface area contributed by atoms with Crippen LogP contribution in [0.1, 0.15) is 6.42 Å². The number of hydrogen-bond acceptors (Lipinski definition) is 4. The first kappa shape index (κ1) is 11.6. The molecule has 2 N–H and O–H groups in total. The van der Waals surface area contributed by atoms with Gasteiger partial charge in [0.15, 0.2) is 0 Å². The molecule has 16 heavy (non-hydrogen) atoms. The van der Waals surface area contributed by atoms with Crippen molar-refractivity contribution < 1.29 is 19.4 Å². The summed E-state index contributed by atoms with van der Waals surface area (Å²) in [6, 6.07) is -0.136. The molecule has 0 bridgehead atoms. The molecule has 92 valence electrons. The number of rotatable bonds is 2. The van der Waals surface area contributed by atoms with E-state index in [0.29, 0.717) is 45.9 Å². The maximum atomic E-state index is 11.7. The van der Waals surface area contributed by atoms with E-state index in [1.54, 1.807) is 4.90 Å². The topological polar surface area (TPSA) is 71.0 Å². The first-order chi connectivity index (χ1) is 7.70. The molecule has 6 heteroatoms. The van der Waals surface area contributed by atoms with Gasteiger partial charge in [-0.05, 0) is 0 Å². The van der Waals surface area contributed by atoms with E-state index in [0.717, 1.165) is 0 Å². The number of nitrogens with one attached hydrogen (secondary N) is 1. The van der Waals surface area contributed by atoms with Gasteiger partial charge in [-0.3, -0.25) is 0 Å². The van der Waals surface area contributed by atoms with Crippen LogP contribution in [-0.2, 0) is 9.47 Å². The lowest BCUT2D eigenvalue weighted by Gasteiger charge is -2.28. The summed E-state index contributed by atoms with van der Waals surface area (Å²) in [5, 5.41) is 12.7. The standard InChI is InChI=1S/C10H18N2O4/c13-9(12-2-5-15-6-3-12)11-7-10(14)1-4-16-8-10/h14H,1-8H2,(H,11,13). The summed E-state index contributed by atoms with van der Waals surface area (Å²) in [5.41, 5.74) is -0.887. The van der Waals surface area contributed by atoms with Crippen molar-refractivity contribution in [3.63, 3.8) is 0 Å².